The van der Waals surface area contributed by atoms with Crippen LogP contribution in [0.25, 0.3) is 0 Å². The largest absolute Gasteiger partial charge is 0.487 e. The van der Waals surface area contributed by atoms with E-state index in [4.69, 9.17) is 4.74 Å². The number of aryl methyl sites for hydroxylation is 2. The average Bonchev–Trinajstić information content (AvgIpc) is 3.24. The molecule has 1 N–H and O–H groups in total. The van der Waals surface area contributed by atoms with E-state index in [1.165, 1.54) is 22.3 Å². The van der Waals surface area contributed by atoms with E-state index in [1.54, 1.807) is 0 Å². The summed E-state index contributed by atoms with van der Waals surface area (Å²) < 4.78 is 6.82. The Balaban J connectivity index is 1.40. The Hall–Kier alpha value is -3.07. The van der Waals surface area contributed by atoms with E-state index in [0.29, 0.717) is 19.4 Å². The van der Waals surface area contributed by atoms with E-state index in [9.17, 15) is 9.90 Å². The molecule has 2 aliphatic carbocycles. The van der Waals surface area contributed by atoms with Crippen molar-refractivity contribution in [3.05, 3.63) is 76.9 Å². The summed E-state index contributed by atoms with van der Waals surface area (Å²) in [6, 6.07) is 12.2. The molecule has 2 aliphatic heterocycles. The van der Waals surface area contributed by atoms with Gasteiger partial charge in [0.1, 0.15) is 11.9 Å². The van der Waals surface area contributed by atoms with E-state index in [0.717, 1.165) is 37.2 Å². The van der Waals surface area contributed by atoms with E-state index in [-0.39, 0.29) is 30.0 Å². The Morgan fingerprint density at radius 2 is 2.08 bits per heavy atom. The summed E-state index contributed by atoms with van der Waals surface area (Å²) in [7, 11) is 0. The third kappa shape index (κ3) is 3.87. The molecule has 1 saturated heterocycles. The maximum absolute atomic E-state index is 13.8. The van der Waals surface area contributed by atoms with Crippen molar-refractivity contribution >= 4 is 5.91 Å². The number of carbonyl (C=O) groups is 1. The van der Waals surface area contributed by atoms with Gasteiger partial charge in [0, 0.05) is 36.2 Å². The highest BCUT2D eigenvalue weighted by atomic mass is 16.5. The molecule has 1 amide bonds. The summed E-state index contributed by atoms with van der Waals surface area (Å²) in [5.41, 5.74) is 4.26. The minimum absolute atomic E-state index is 0.0102. The van der Waals surface area contributed by atoms with Crippen molar-refractivity contribution < 1.29 is 14.6 Å². The van der Waals surface area contributed by atoms with Crippen LogP contribution in [0.15, 0.2) is 49.1 Å². The molecule has 39 heavy (non-hydrogen) atoms. The second-order valence-corrected chi connectivity index (χ2v) is 12.5. The quantitative estimate of drug-likeness (QED) is 0.461. The molecule has 204 valence electrons. The molecule has 5 heteroatoms. The van der Waals surface area contributed by atoms with Crippen molar-refractivity contribution in [2.75, 3.05) is 19.6 Å². The fraction of sp³-hybridized carbons (Fsp3) is 0.500. The Bertz CT molecular complexity index is 1390. The fourth-order valence-electron chi connectivity index (χ4n) is 8.06. The van der Waals surface area contributed by atoms with Crippen molar-refractivity contribution in [3.63, 3.8) is 0 Å². The Kier molecular flexibility index (Phi) is 6.40. The normalized spacial score (nSPS) is 30.2. The van der Waals surface area contributed by atoms with Crippen molar-refractivity contribution in [3.8, 4) is 17.6 Å². The molecule has 4 aliphatic rings. The van der Waals surface area contributed by atoms with Crippen molar-refractivity contribution in [1.82, 2.24) is 9.80 Å². The fourth-order valence-corrected chi connectivity index (χ4v) is 8.06. The highest BCUT2D eigenvalue weighted by molar-refractivity contribution is 5.94. The number of benzene rings is 2. The average molecular weight is 525 g/mol. The van der Waals surface area contributed by atoms with Crippen LogP contribution in [0.2, 0.25) is 0 Å². The summed E-state index contributed by atoms with van der Waals surface area (Å²) >= 11 is 0. The Morgan fingerprint density at radius 3 is 2.82 bits per heavy atom. The predicted octanol–water partition coefficient (Wildman–Crippen LogP) is 4.55. The van der Waals surface area contributed by atoms with Crippen molar-refractivity contribution in [1.29, 1.82) is 0 Å². The van der Waals surface area contributed by atoms with Gasteiger partial charge in [-0.3, -0.25) is 9.69 Å². The molecule has 2 aromatic rings. The molecule has 1 spiro atoms. The lowest BCUT2D eigenvalue weighted by Crippen LogP contribution is -2.78. The van der Waals surface area contributed by atoms with Crippen LogP contribution in [-0.4, -0.2) is 64.2 Å². The highest BCUT2D eigenvalue weighted by Gasteiger charge is 2.73. The van der Waals surface area contributed by atoms with Crippen LogP contribution in [-0.2, 0) is 16.6 Å². The first-order valence-corrected chi connectivity index (χ1v) is 14.5. The number of ether oxygens (including phenoxy) is 1. The molecular weight excluding hydrogens is 484 g/mol. The number of piperidine rings is 1. The molecule has 0 radical (unpaired) electrons. The van der Waals surface area contributed by atoms with Crippen LogP contribution < -0.4 is 4.74 Å². The first kappa shape index (κ1) is 26.2. The van der Waals surface area contributed by atoms with E-state index < -0.39 is 11.0 Å². The molecule has 0 aromatic heterocycles. The number of likely N-dealkylation sites (tertiary alicyclic amines) is 1. The molecule has 2 heterocycles. The summed E-state index contributed by atoms with van der Waals surface area (Å²) in [6.07, 6.45) is 4.58. The second-order valence-electron chi connectivity index (χ2n) is 12.5. The van der Waals surface area contributed by atoms with Gasteiger partial charge in [-0.15, -0.1) is 6.58 Å². The molecule has 2 fully saturated rings. The SMILES string of the molecule is C=CCN1CC[C@]23c4c5cccc4O[C@H]2[C@@H](N(CC(C)C)C(=O)C#Cc2ccc(C)c(C)c2)CC[C@@]3(O)[C@H]1C5. The standard InChI is InChI=1S/C34H40N2O3/c1-6-17-35-18-16-33-31-26-8-7-9-28(31)39-32(33)27(14-15-34(33,38)29(35)20-26)36(21-22(2)3)30(37)13-12-25-11-10-23(4)24(5)19-25/h6-11,19,22,27,29,32,38H,1,14-18,20-21H2,2-5H3/t27-,29+,32-,33-,34+/m0/s1. The lowest BCUT2D eigenvalue weighted by Gasteiger charge is -2.64. The van der Waals surface area contributed by atoms with Crippen LogP contribution in [0.4, 0.5) is 0 Å². The van der Waals surface area contributed by atoms with Crippen LogP contribution >= 0.6 is 0 Å². The van der Waals surface area contributed by atoms with Crippen LogP contribution in [0.5, 0.6) is 5.75 Å². The van der Waals surface area contributed by atoms with Gasteiger partial charge in [-0.05, 0) is 86.9 Å². The zero-order chi connectivity index (χ0) is 27.5. The number of aliphatic hydroxyl groups is 1. The van der Waals surface area contributed by atoms with E-state index >= 15 is 0 Å². The molecule has 5 nitrogen and oxygen atoms in total. The van der Waals surface area contributed by atoms with Gasteiger partial charge in [-0.2, -0.15) is 0 Å². The minimum Gasteiger partial charge on any atom is -0.487 e. The lowest BCUT2D eigenvalue weighted by molar-refractivity contribution is -0.199. The zero-order valence-corrected chi connectivity index (χ0v) is 23.7. The Morgan fingerprint density at radius 1 is 1.26 bits per heavy atom. The van der Waals surface area contributed by atoms with Gasteiger partial charge in [-0.1, -0.05) is 44.0 Å². The maximum atomic E-state index is 13.8. The van der Waals surface area contributed by atoms with Crippen LogP contribution in [0.3, 0.4) is 0 Å². The molecule has 2 aromatic carbocycles. The smallest absolute Gasteiger partial charge is 0.299 e. The summed E-state index contributed by atoms with van der Waals surface area (Å²) in [5, 5.41) is 12.6. The first-order valence-electron chi connectivity index (χ1n) is 14.5. The number of rotatable bonds is 5. The monoisotopic (exact) mass is 524 g/mol. The third-order valence-electron chi connectivity index (χ3n) is 9.85. The number of hydrogen-bond acceptors (Lipinski definition) is 4. The van der Waals surface area contributed by atoms with Gasteiger partial charge in [0.25, 0.3) is 5.91 Å². The minimum atomic E-state index is -0.910. The number of carbonyl (C=O) groups excluding carboxylic acids is 1. The van der Waals surface area contributed by atoms with Crippen molar-refractivity contribution in [2.24, 2.45) is 5.92 Å². The van der Waals surface area contributed by atoms with E-state index in [2.05, 4.69) is 69.2 Å². The van der Waals surface area contributed by atoms with Crippen LogP contribution in [0, 0.1) is 31.6 Å². The lowest BCUT2D eigenvalue weighted by atomic mass is 9.48. The number of hydrogen-bond donors (Lipinski definition) is 1. The summed E-state index contributed by atoms with van der Waals surface area (Å²) in [6.45, 7) is 14.7. The zero-order valence-electron chi connectivity index (χ0n) is 23.7. The van der Waals surface area contributed by atoms with Gasteiger partial charge < -0.3 is 14.7 Å². The second kappa shape index (κ2) is 9.54. The van der Waals surface area contributed by atoms with E-state index in [1.807, 2.05) is 29.2 Å². The van der Waals surface area contributed by atoms with Gasteiger partial charge >= 0.3 is 0 Å². The van der Waals surface area contributed by atoms with Gasteiger partial charge in [0.05, 0.1) is 17.1 Å². The number of amides is 1. The third-order valence-corrected chi connectivity index (χ3v) is 9.85. The highest BCUT2D eigenvalue weighted by Crippen LogP contribution is 2.64. The van der Waals surface area contributed by atoms with Gasteiger partial charge in [0.15, 0.2) is 0 Å². The number of nitrogens with zero attached hydrogens (tertiary/aromatic N) is 2. The summed E-state index contributed by atoms with van der Waals surface area (Å²) in [4.78, 5) is 18.2. The maximum Gasteiger partial charge on any atom is 0.299 e. The topological polar surface area (TPSA) is 53.0 Å². The molecule has 6 rings (SSSR count). The molecular formula is C34H40N2O3. The van der Waals surface area contributed by atoms with Crippen molar-refractivity contribution in [2.45, 2.75) is 82.6 Å². The first-order chi connectivity index (χ1) is 18.7. The Labute approximate surface area is 232 Å². The van der Waals surface area contributed by atoms with Gasteiger partial charge in [-0.25, -0.2) is 0 Å². The van der Waals surface area contributed by atoms with Crippen LogP contribution in [0.1, 0.15) is 60.9 Å². The molecule has 1 saturated carbocycles. The van der Waals surface area contributed by atoms with Gasteiger partial charge in [0.2, 0.25) is 0 Å². The summed E-state index contributed by atoms with van der Waals surface area (Å²) in [5.74, 6) is 7.11. The molecule has 2 bridgehead atoms. The molecule has 0 unspecified atom stereocenters. The predicted molar refractivity (Wildman–Crippen MR) is 154 cm³/mol. The molecule has 5 atom stereocenters.